The third-order valence-corrected chi connectivity index (χ3v) is 4.89. The zero-order chi connectivity index (χ0) is 19.8. The summed E-state index contributed by atoms with van der Waals surface area (Å²) in [6, 6.07) is 7.38. The second kappa shape index (κ2) is 6.85. The first-order chi connectivity index (χ1) is 12.8. The molecule has 1 aromatic carbocycles. The number of nitrogens with two attached hydrogens (primary N) is 1. The third-order valence-electron chi connectivity index (χ3n) is 3.86. The van der Waals surface area contributed by atoms with Crippen LogP contribution in [-0.2, 0) is 10.0 Å². The number of carbonyl (C=O) groups excluding carboxylic acids is 1. The number of aromatic nitrogens is 3. The summed E-state index contributed by atoms with van der Waals surface area (Å²) in [7, 11) is -1.38. The van der Waals surface area contributed by atoms with Crippen molar-refractivity contribution in [2.24, 2.45) is 5.14 Å². The van der Waals surface area contributed by atoms with Gasteiger partial charge in [-0.3, -0.25) is 9.88 Å². The van der Waals surface area contributed by atoms with Gasteiger partial charge in [-0.25, -0.2) is 18.4 Å². The average Bonchev–Trinajstić information content (AvgIpc) is 2.94. The second-order valence-corrected chi connectivity index (χ2v) is 7.01. The molecule has 27 heavy (non-hydrogen) atoms. The van der Waals surface area contributed by atoms with E-state index in [-0.39, 0.29) is 22.7 Å². The van der Waals surface area contributed by atoms with Crippen molar-refractivity contribution in [1.82, 2.24) is 14.5 Å². The lowest BCUT2D eigenvalue weighted by Gasteiger charge is -2.11. The Bertz CT molecular complexity index is 1120. The highest BCUT2D eigenvalue weighted by Gasteiger charge is 2.26. The number of nitrogens with zero attached hydrogens (tertiary/aromatic N) is 3. The molecule has 11 heteroatoms. The molecule has 0 spiro atoms. The predicted molar refractivity (Wildman–Crippen MR) is 97.6 cm³/mol. The molecule has 10 nitrogen and oxygen atoms in total. The van der Waals surface area contributed by atoms with E-state index in [1.807, 2.05) is 0 Å². The summed E-state index contributed by atoms with van der Waals surface area (Å²) < 4.78 is 35.3. The second-order valence-electron chi connectivity index (χ2n) is 5.53. The number of amides is 1. The van der Waals surface area contributed by atoms with Crippen LogP contribution in [0.2, 0.25) is 0 Å². The van der Waals surface area contributed by atoms with Crippen LogP contribution < -0.4 is 19.9 Å². The predicted octanol–water partition coefficient (Wildman–Crippen LogP) is 1.48. The lowest BCUT2D eigenvalue weighted by molar-refractivity contribution is 0.252. The number of para-hydroxylation sites is 1. The quantitative estimate of drug-likeness (QED) is 0.687. The largest absolute Gasteiger partial charge is 0.481 e. The normalized spacial score (nSPS) is 11.4. The highest BCUT2D eigenvalue weighted by molar-refractivity contribution is 7.89. The van der Waals surface area contributed by atoms with Gasteiger partial charge < -0.3 is 9.47 Å². The van der Waals surface area contributed by atoms with Crippen LogP contribution in [0.3, 0.4) is 0 Å². The van der Waals surface area contributed by atoms with Gasteiger partial charge in [0.2, 0.25) is 17.7 Å². The van der Waals surface area contributed by atoms with Gasteiger partial charge in [0.15, 0.2) is 5.03 Å². The molecule has 0 unspecified atom stereocenters. The number of rotatable bonds is 4. The molecule has 142 valence electrons. The molecule has 0 fully saturated rings. The highest BCUT2D eigenvalue weighted by Crippen LogP contribution is 2.28. The standard InChI is InChI=1S/C16H17N5O5S/c1-9-10-6-4-5-7-11(10)21(14(9)27(17,23)24)16(22)20-15-18-12(25-2)8-13(19-15)26-3/h4-8H,1-3H3,(H2,17,23,24)(H,18,19,20,22). The number of primary sulfonamides is 1. The summed E-state index contributed by atoms with van der Waals surface area (Å²) in [6.07, 6.45) is 0. The van der Waals surface area contributed by atoms with E-state index in [9.17, 15) is 13.2 Å². The highest BCUT2D eigenvalue weighted by atomic mass is 32.2. The van der Waals surface area contributed by atoms with Crippen molar-refractivity contribution in [3.05, 3.63) is 35.9 Å². The molecule has 0 bridgehead atoms. The SMILES string of the molecule is COc1cc(OC)nc(NC(=O)n2c(S(N)(=O)=O)c(C)c3ccccc32)n1. The van der Waals surface area contributed by atoms with Crippen LogP contribution in [0.15, 0.2) is 35.4 Å². The number of nitrogens with one attached hydrogen (secondary N) is 1. The van der Waals surface area contributed by atoms with Crippen molar-refractivity contribution in [2.45, 2.75) is 11.9 Å². The van der Waals surface area contributed by atoms with Crippen LogP contribution >= 0.6 is 0 Å². The molecule has 3 aromatic rings. The molecular weight excluding hydrogens is 374 g/mol. The molecule has 1 amide bonds. The molecular formula is C16H17N5O5S. The van der Waals surface area contributed by atoms with Crippen LogP contribution in [0.1, 0.15) is 5.56 Å². The van der Waals surface area contributed by atoms with E-state index in [0.29, 0.717) is 16.5 Å². The Morgan fingerprint density at radius 3 is 2.30 bits per heavy atom. The maximum atomic E-state index is 12.9. The van der Waals surface area contributed by atoms with Gasteiger partial charge in [0, 0.05) is 5.39 Å². The van der Waals surface area contributed by atoms with Crippen molar-refractivity contribution in [2.75, 3.05) is 19.5 Å². The van der Waals surface area contributed by atoms with Gasteiger partial charge in [0.25, 0.3) is 10.0 Å². The topological polar surface area (TPSA) is 138 Å². The number of methoxy groups -OCH3 is 2. The monoisotopic (exact) mass is 391 g/mol. The maximum Gasteiger partial charge on any atom is 0.333 e. The number of sulfonamides is 1. The van der Waals surface area contributed by atoms with Gasteiger partial charge in [-0.1, -0.05) is 18.2 Å². The van der Waals surface area contributed by atoms with Crippen LogP contribution in [-0.4, -0.2) is 43.2 Å². The minimum atomic E-state index is -4.18. The summed E-state index contributed by atoms with van der Waals surface area (Å²) in [5.74, 6) is 0.210. The van der Waals surface area contributed by atoms with Crippen molar-refractivity contribution in [3.8, 4) is 11.8 Å². The molecule has 3 rings (SSSR count). The van der Waals surface area contributed by atoms with Crippen LogP contribution in [0.5, 0.6) is 11.8 Å². The Balaban J connectivity index is 2.14. The number of hydrogen-bond acceptors (Lipinski definition) is 7. The zero-order valence-corrected chi connectivity index (χ0v) is 15.6. The maximum absolute atomic E-state index is 12.9. The van der Waals surface area contributed by atoms with Crippen molar-refractivity contribution < 1.29 is 22.7 Å². The van der Waals surface area contributed by atoms with E-state index in [1.165, 1.54) is 20.3 Å². The fourth-order valence-corrected chi connectivity index (χ4v) is 3.71. The van der Waals surface area contributed by atoms with Crippen LogP contribution in [0.4, 0.5) is 10.7 Å². The lowest BCUT2D eigenvalue weighted by atomic mass is 10.2. The number of benzene rings is 1. The molecule has 2 heterocycles. The number of carbonyl (C=O) groups is 1. The Hall–Kier alpha value is -3.18. The zero-order valence-electron chi connectivity index (χ0n) is 14.8. The van der Waals surface area contributed by atoms with Crippen molar-refractivity contribution in [1.29, 1.82) is 0 Å². The number of fused-ring (bicyclic) bond motifs is 1. The molecule has 0 saturated carbocycles. The molecule has 0 radical (unpaired) electrons. The van der Waals surface area contributed by atoms with E-state index < -0.39 is 16.1 Å². The Morgan fingerprint density at radius 1 is 1.15 bits per heavy atom. The van der Waals surface area contributed by atoms with Crippen LogP contribution in [0.25, 0.3) is 10.9 Å². The average molecular weight is 391 g/mol. The van der Waals surface area contributed by atoms with Gasteiger partial charge in [-0.2, -0.15) is 9.97 Å². The smallest absolute Gasteiger partial charge is 0.333 e. The number of hydrogen-bond donors (Lipinski definition) is 2. The fraction of sp³-hybridized carbons (Fsp3) is 0.188. The molecule has 0 atom stereocenters. The van der Waals surface area contributed by atoms with Crippen molar-refractivity contribution >= 4 is 32.9 Å². The summed E-state index contributed by atoms with van der Waals surface area (Å²) in [5, 5.41) is 8.07. The van der Waals surface area contributed by atoms with Gasteiger partial charge in [-0.15, -0.1) is 0 Å². The van der Waals surface area contributed by atoms with Gasteiger partial charge in [0.1, 0.15) is 0 Å². The Morgan fingerprint density at radius 2 is 1.74 bits per heavy atom. The van der Waals surface area contributed by atoms with Crippen molar-refractivity contribution in [3.63, 3.8) is 0 Å². The van der Waals surface area contributed by atoms with E-state index in [1.54, 1.807) is 31.2 Å². The molecule has 0 aliphatic heterocycles. The molecule has 0 saturated heterocycles. The summed E-state index contributed by atoms with van der Waals surface area (Å²) in [5.41, 5.74) is 0.749. The number of ether oxygens (including phenoxy) is 2. The summed E-state index contributed by atoms with van der Waals surface area (Å²) in [4.78, 5) is 20.9. The summed E-state index contributed by atoms with van der Waals surface area (Å²) >= 11 is 0. The molecule has 2 aromatic heterocycles. The van der Waals surface area contributed by atoms with Gasteiger partial charge in [0.05, 0.1) is 25.8 Å². The van der Waals surface area contributed by atoms with Gasteiger partial charge in [-0.05, 0) is 18.6 Å². The molecule has 0 aliphatic rings. The number of anilines is 1. The summed E-state index contributed by atoms with van der Waals surface area (Å²) in [6.45, 7) is 1.58. The first-order valence-corrected chi connectivity index (χ1v) is 9.22. The molecule has 0 aliphatic carbocycles. The lowest BCUT2D eigenvalue weighted by Crippen LogP contribution is -2.27. The molecule has 3 N–H and O–H groups in total. The van der Waals surface area contributed by atoms with Crippen LogP contribution in [0, 0.1) is 6.92 Å². The first-order valence-electron chi connectivity index (χ1n) is 7.67. The first kappa shape index (κ1) is 18.6. The Kier molecular flexibility index (Phi) is 4.72. The number of aryl methyl sites for hydroxylation is 1. The van der Waals surface area contributed by atoms with E-state index >= 15 is 0 Å². The minimum absolute atomic E-state index is 0.119. The van der Waals surface area contributed by atoms with E-state index in [4.69, 9.17) is 14.6 Å². The third kappa shape index (κ3) is 3.41. The van der Waals surface area contributed by atoms with E-state index in [2.05, 4.69) is 15.3 Å². The fourth-order valence-electron chi connectivity index (χ4n) is 2.74. The van der Waals surface area contributed by atoms with Gasteiger partial charge >= 0.3 is 6.03 Å². The minimum Gasteiger partial charge on any atom is -0.481 e. The van der Waals surface area contributed by atoms with E-state index in [0.717, 1.165) is 4.57 Å². The Labute approximate surface area is 155 Å².